The van der Waals surface area contributed by atoms with Crippen LogP contribution in [0.15, 0.2) is 4.99 Å². The van der Waals surface area contributed by atoms with Crippen LogP contribution in [-0.2, 0) is 4.74 Å². The molecule has 0 saturated carbocycles. The summed E-state index contributed by atoms with van der Waals surface area (Å²) in [5.74, 6) is 0. The van der Waals surface area contributed by atoms with E-state index in [0.717, 1.165) is 26.2 Å². The van der Waals surface area contributed by atoms with Gasteiger partial charge < -0.3 is 4.74 Å². The van der Waals surface area contributed by atoms with Crippen molar-refractivity contribution in [2.45, 2.75) is 64.7 Å². The highest BCUT2D eigenvalue weighted by Gasteiger charge is 1.92. The average molecular weight is 257 g/mol. The minimum atomic E-state index is 0.751. The summed E-state index contributed by atoms with van der Waals surface area (Å²) in [6.07, 6.45) is 11.8. The number of isothiocyanates is 1. The summed E-state index contributed by atoms with van der Waals surface area (Å²) in [6, 6.07) is 0. The number of unbranched alkanes of at least 4 members (excludes halogenated alkanes) is 7. The van der Waals surface area contributed by atoms with E-state index in [-0.39, 0.29) is 0 Å². The number of aliphatic imine (C=N–C) groups is 1. The van der Waals surface area contributed by atoms with E-state index < -0.39 is 0 Å². The fraction of sp³-hybridized carbons (Fsp3) is 0.929. The zero-order valence-electron chi connectivity index (χ0n) is 11.2. The Morgan fingerprint density at radius 1 is 0.882 bits per heavy atom. The van der Waals surface area contributed by atoms with Crippen molar-refractivity contribution in [3.05, 3.63) is 0 Å². The molecule has 0 atom stereocenters. The number of ether oxygens (including phenoxy) is 1. The van der Waals surface area contributed by atoms with Crippen LogP contribution >= 0.6 is 12.2 Å². The normalized spacial score (nSPS) is 10.2. The maximum atomic E-state index is 5.50. The smallest absolute Gasteiger partial charge is 0.0584 e. The van der Waals surface area contributed by atoms with Crippen LogP contribution < -0.4 is 0 Å². The predicted octanol–water partition coefficient (Wildman–Crippen LogP) is 4.64. The lowest BCUT2D eigenvalue weighted by Gasteiger charge is -2.03. The summed E-state index contributed by atoms with van der Waals surface area (Å²) in [6.45, 7) is 4.71. The molecular formula is C14H27NOS. The highest BCUT2D eigenvalue weighted by atomic mass is 32.1. The Balaban J connectivity index is 2.91. The minimum absolute atomic E-state index is 0.751. The van der Waals surface area contributed by atoms with Crippen molar-refractivity contribution in [1.29, 1.82) is 0 Å². The van der Waals surface area contributed by atoms with Crippen molar-refractivity contribution in [3.63, 3.8) is 0 Å². The van der Waals surface area contributed by atoms with Gasteiger partial charge in [0.05, 0.1) is 11.7 Å². The van der Waals surface area contributed by atoms with E-state index in [1.54, 1.807) is 0 Å². The molecule has 0 aromatic heterocycles. The summed E-state index contributed by atoms with van der Waals surface area (Å²) in [4.78, 5) is 3.84. The van der Waals surface area contributed by atoms with Crippen LogP contribution in [0.4, 0.5) is 0 Å². The molecule has 100 valence electrons. The number of nitrogens with zero attached hydrogens (tertiary/aromatic N) is 1. The molecule has 0 rings (SSSR count). The Kier molecular flexibility index (Phi) is 15.5. The maximum absolute atomic E-state index is 5.50. The molecule has 0 aliphatic carbocycles. The van der Waals surface area contributed by atoms with Crippen molar-refractivity contribution < 1.29 is 4.74 Å². The monoisotopic (exact) mass is 257 g/mol. The second kappa shape index (κ2) is 15.8. The molecule has 0 amide bonds. The third kappa shape index (κ3) is 15.8. The molecule has 0 aromatic carbocycles. The Hall–Kier alpha value is -0.240. The second-order valence-corrected chi connectivity index (χ2v) is 4.60. The van der Waals surface area contributed by atoms with Crippen LogP contribution in [0.25, 0.3) is 0 Å². The summed E-state index contributed by atoms with van der Waals surface area (Å²) in [7, 11) is 0. The third-order valence-electron chi connectivity index (χ3n) is 2.77. The first-order chi connectivity index (χ1) is 8.41. The van der Waals surface area contributed by atoms with Gasteiger partial charge in [-0.3, -0.25) is 0 Å². The summed E-state index contributed by atoms with van der Waals surface area (Å²) in [5, 5.41) is 2.36. The first kappa shape index (κ1) is 16.8. The second-order valence-electron chi connectivity index (χ2n) is 4.41. The molecule has 2 nitrogen and oxygen atoms in total. The zero-order chi connectivity index (χ0) is 12.6. The van der Waals surface area contributed by atoms with Crippen LogP contribution in [-0.4, -0.2) is 24.9 Å². The van der Waals surface area contributed by atoms with Crippen molar-refractivity contribution in [1.82, 2.24) is 0 Å². The summed E-state index contributed by atoms with van der Waals surface area (Å²) < 4.78 is 5.50. The maximum Gasteiger partial charge on any atom is 0.0584 e. The van der Waals surface area contributed by atoms with Gasteiger partial charge in [-0.25, -0.2) is 4.99 Å². The van der Waals surface area contributed by atoms with Gasteiger partial charge in [-0.05, 0) is 25.1 Å². The van der Waals surface area contributed by atoms with Crippen LogP contribution in [0.3, 0.4) is 0 Å². The van der Waals surface area contributed by atoms with Gasteiger partial charge >= 0.3 is 0 Å². The molecule has 0 heterocycles. The molecule has 0 aromatic rings. The Labute approximate surface area is 112 Å². The van der Waals surface area contributed by atoms with Gasteiger partial charge in [0.1, 0.15) is 0 Å². The number of rotatable bonds is 13. The van der Waals surface area contributed by atoms with Gasteiger partial charge in [-0.15, -0.1) is 0 Å². The van der Waals surface area contributed by atoms with Crippen molar-refractivity contribution in [3.8, 4) is 0 Å². The molecule has 0 radical (unpaired) electrons. The molecule has 17 heavy (non-hydrogen) atoms. The molecule has 0 unspecified atom stereocenters. The van der Waals surface area contributed by atoms with Gasteiger partial charge in [-0.2, -0.15) is 0 Å². The van der Waals surface area contributed by atoms with E-state index in [0.29, 0.717) is 0 Å². The lowest BCUT2D eigenvalue weighted by Crippen LogP contribution is -1.98. The highest BCUT2D eigenvalue weighted by Crippen LogP contribution is 2.08. The molecule has 0 aliphatic heterocycles. The third-order valence-corrected chi connectivity index (χ3v) is 2.89. The van der Waals surface area contributed by atoms with E-state index in [2.05, 4.69) is 29.3 Å². The zero-order valence-corrected chi connectivity index (χ0v) is 12.1. The minimum Gasteiger partial charge on any atom is -0.381 e. The fourth-order valence-corrected chi connectivity index (χ4v) is 1.82. The summed E-state index contributed by atoms with van der Waals surface area (Å²) in [5.41, 5.74) is 0. The van der Waals surface area contributed by atoms with Gasteiger partial charge in [-0.1, -0.05) is 51.9 Å². The Bertz CT molecular complexity index is 191. The number of hydrogen-bond donors (Lipinski definition) is 0. The average Bonchev–Trinajstić information content (AvgIpc) is 2.35. The lowest BCUT2D eigenvalue weighted by atomic mass is 10.1. The van der Waals surface area contributed by atoms with E-state index in [9.17, 15) is 0 Å². The number of thiocarbonyl (C=S) groups is 1. The van der Waals surface area contributed by atoms with E-state index in [4.69, 9.17) is 4.74 Å². The van der Waals surface area contributed by atoms with E-state index >= 15 is 0 Å². The molecule has 0 aliphatic rings. The SMILES string of the molecule is CCCCCCCCCCOCCCN=C=S. The topological polar surface area (TPSA) is 21.6 Å². The van der Waals surface area contributed by atoms with Crippen LogP contribution in [0, 0.1) is 0 Å². The fourth-order valence-electron chi connectivity index (χ4n) is 1.73. The van der Waals surface area contributed by atoms with Crippen LogP contribution in [0.1, 0.15) is 64.7 Å². The molecule has 0 saturated heterocycles. The number of hydrogen-bond acceptors (Lipinski definition) is 3. The molecule has 0 N–H and O–H groups in total. The van der Waals surface area contributed by atoms with E-state index in [1.165, 1.54) is 51.4 Å². The quantitative estimate of drug-likeness (QED) is 0.272. The van der Waals surface area contributed by atoms with Gasteiger partial charge in [0.25, 0.3) is 0 Å². The molecule has 0 fully saturated rings. The Morgan fingerprint density at radius 2 is 1.47 bits per heavy atom. The summed E-state index contributed by atoms with van der Waals surface area (Å²) >= 11 is 4.48. The van der Waals surface area contributed by atoms with Crippen LogP contribution in [0.2, 0.25) is 0 Å². The van der Waals surface area contributed by atoms with Gasteiger partial charge in [0.15, 0.2) is 0 Å². The van der Waals surface area contributed by atoms with Crippen molar-refractivity contribution >= 4 is 17.4 Å². The highest BCUT2D eigenvalue weighted by molar-refractivity contribution is 7.78. The molecule has 0 spiro atoms. The first-order valence-electron chi connectivity index (χ1n) is 7.03. The lowest BCUT2D eigenvalue weighted by molar-refractivity contribution is 0.129. The van der Waals surface area contributed by atoms with Gasteiger partial charge in [0.2, 0.25) is 0 Å². The van der Waals surface area contributed by atoms with Crippen molar-refractivity contribution in [2.75, 3.05) is 19.8 Å². The van der Waals surface area contributed by atoms with Gasteiger partial charge in [0, 0.05) is 13.2 Å². The standard InChI is InChI=1S/C14H27NOS/c1-2-3-4-5-6-7-8-9-12-16-13-10-11-15-14-17/h2-13H2,1H3. The van der Waals surface area contributed by atoms with Crippen LogP contribution in [0.5, 0.6) is 0 Å². The predicted molar refractivity (Wildman–Crippen MR) is 77.9 cm³/mol. The molecule has 0 bridgehead atoms. The van der Waals surface area contributed by atoms with E-state index in [1.807, 2.05) is 0 Å². The largest absolute Gasteiger partial charge is 0.381 e. The Morgan fingerprint density at radius 3 is 2.12 bits per heavy atom. The molecule has 3 heteroatoms. The first-order valence-corrected chi connectivity index (χ1v) is 7.44. The molecular weight excluding hydrogens is 230 g/mol. The van der Waals surface area contributed by atoms with Crippen molar-refractivity contribution in [2.24, 2.45) is 4.99 Å².